The molecule has 1 atom stereocenters. The molecule has 0 unspecified atom stereocenters. The lowest BCUT2D eigenvalue weighted by Crippen LogP contribution is -2.29. The zero-order valence-corrected chi connectivity index (χ0v) is 17.7. The molecule has 4 aromatic rings. The standard InChI is InChI=1S/C22H20N8O3/c1-12-6-13(10-33-12)9-23-21(31)18-8-19(25-11-24-18)22(32)26-17-5-3-14-7-15(2-4-16(14)17)20-27-29-30-28-20/h2,4,6-8,10-11,17H,3,5,9H2,1H3,(H,23,31)(H,26,32)(H,27,28,29,30)/t17-/m1/s1. The first-order valence-corrected chi connectivity index (χ1v) is 10.4. The van der Waals surface area contributed by atoms with Gasteiger partial charge in [0.05, 0.1) is 12.3 Å². The highest BCUT2D eigenvalue weighted by molar-refractivity contribution is 5.97. The van der Waals surface area contributed by atoms with Crippen LogP contribution in [0, 0.1) is 6.92 Å². The Balaban J connectivity index is 1.25. The first-order chi connectivity index (χ1) is 16.1. The molecule has 3 aromatic heterocycles. The maximum Gasteiger partial charge on any atom is 0.270 e. The van der Waals surface area contributed by atoms with Crippen molar-refractivity contribution in [3.05, 3.63) is 76.8 Å². The van der Waals surface area contributed by atoms with Gasteiger partial charge in [-0.05, 0) is 48.2 Å². The van der Waals surface area contributed by atoms with Gasteiger partial charge < -0.3 is 15.1 Å². The van der Waals surface area contributed by atoms with Crippen molar-refractivity contribution in [1.29, 1.82) is 0 Å². The van der Waals surface area contributed by atoms with Crippen molar-refractivity contribution in [3.63, 3.8) is 0 Å². The molecule has 11 heteroatoms. The lowest BCUT2D eigenvalue weighted by atomic mass is 10.0. The summed E-state index contributed by atoms with van der Waals surface area (Å²) in [6.45, 7) is 2.13. The number of aryl methyl sites for hydroxylation is 2. The fourth-order valence-corrected chi connectivity index (χ4v) is 3.89. The summed E-state index contributed by atoms with van der Waals surface area (Å²) >= 11 is 0. The number of benzene rings is 1. The number of fused-ring (bicyclic) bond motifs is 1. The van der Waals surface area contributed by atoms with Gasteiger partial charge in [-0.15, -0.1) is 10.2 Å². The number of amides is 2. The molecule has 1 aliphatic carbocycles. The Morgan fingerprint density at radius 3 is 2.76 bits per heavy atom. The monoisotopic (exact) mass is 444 g/mol. The van der Waals surface area contributed by atoms with Crippen LogP contribution in [0.4, 0.5) is 0 Å². The first-order valence-electron chi connectivity index (χ1n) is 10.4. The van der Waals surface area contributed by atoms with Crippen molar-refractivity contribution in [2.45, 2.75) is 32.4 Å². The minimum absolute atomic E-state index is 0.118. The number of nitrogens with zero attached hydrogens (tertiary/aromatic N) is 5. The van der Waals surface area contributed by atoms with E-state index in [0.29, 0.717) is 12.4 Å². The molecule has 0 saturated heterocycles. The smallest absolute Gasteiger partial charge is 0.270 e. The van der Waals surface area contributed by atoms with Crippen LogP contribution >= 0.6 is 0 Å². The van der Waals surface area contributed by atoms with Gasteiger partial charge >= 0.3 is 0 Å². The van der Waals surface area contributed by atoms with E-state index in [9.17, 15) is 9.59 Å². The van der Waals surface area contributed by atoms with E-state index in [2.05, 4.69) is 41.2 Å². The van der Waals surface area contributed by atoms with Gasteiger partial charge in [-0.3, -0.25) is 9.59 Å². The quantitative estimate of drug-likeness (QED) is 0.408. The molecule has 11 nitrogen and oxygen atoms in total. The van der Waals surface area contributed by atoms with Crippen LogP contribution in [-0.2, 0) is 13.0 Å². The Hall–Kier alpha value is -4.41. The van der Waals surface area contributed by atoms with Gasteiger partial charge in [0.1, 0.15) is 23.5 Å². The number of carbonyl (C=O) groups excluding carboxylic acids is 2. The summed E-state index contributed by atoms with van der Waals surface area (Å²) in [6.07, 6.45) is 4.38. The van der Waals surface area contributed by atoms with E-state index in [-0.39, 0.29) is 23.3 Å². The summed E-state index contributed by atoms with van der Waals surface area (Å²) in [6, 6.07) is 8.96. The number of furan rings is 1. The van der Waals surface area contributed by atoms with Crippen LogP contribution in [0.1, 0.15) is 55.9 Å². The molecule has 0 aliphatic heterocycles. The van der Waals surface area contributed by atoms with Crippen molar-refractivity contribution < 1.29 is 14.0 Å². The third kappa shape index (κ3) is 4.33. The number of hydrogen-bond donors (Lipinski definition) is 3. The number of tetrazole rings is 1. The topological polar surface area (TPSA) is 152 Å². The van der Waals surface area contributed by atoms with Gasteiger partial charge in [-0.1, -0.05) is 12.1 Å². The molecule has 0 radical (unpaired) electrons. The Morgan fingerprint density at radius 1 is 1.15 bits per heavy atom. The van der Waals surface area contributed by atoms with Gasteiger partial charge in [-0.2, -0.15) is 5.21 Å². The maximum atomic E-state index is 12.8. The van der Waals surface area contributed by atoms with Crippen molar-refractivity contribution in [1.82, 2.24) is 41.2 Å². The fourth-order valence-electron chi connectivity index (χ4n) is 3.89. The van der Waals surface area contributed by atoms with E-state index in [0.717, 1.165) is 40.9 Å². The Labute approximate surface area is 188 Å². The van der Waals surface area contributed by atoms with Crippen LogP contribution in [-0.4, -0.2) is 42.4 Å². The zero-order chi connectivity index (χ0) is 22.8. The SMILES string of the molecule is Cc1cc(CNC(=O)c2cc(C(=O)N[C@@H]3CCc4cc(-c5nn[nH]n5)ccc43)ncn2)co1. The summed E-state index contributed by atoms with van der Waals surface area (Å²) in [5.41, 5.74) is 4.12. The minimum Gasteiger partial charge on any atom is -0.469 e. The van der Waals surface area contributed by atoms with Gasteiger partial charge in [0, 0.05) is 23.7 Å². The zero-order valence-electron chi connectivity index (χ0n) is 17.7. The highest BCUT2D eigenvalue weighted by atomic mass is 16.3. The van der Waals surface area contributed by atoms with Crippen LogP contribution in [0.25, 0.3) is 11.4 Å². The summed E-state index contributed by atoms with van der Waals surface area (Å²) in [7, 11) is 0. The number of nitrogens with one attached hydrogen (secondary N) is 3. The van der Waals surface area contributed by atoms with Gasteiger partial charge in [0.25, 0.3) is 11.8 Å². The van der Waals surface area contributed by atoms with E-state index in [1.165, 1.54) is 12.4 Å². The van der Waals surface area contributed by atoms with E-state index < -0.39 is 5.91 Å². The first kappa shape index (κ1) is 20.5. The second-order valence-electron chi connectivity index (χ2n) is 7.75. The number of hydrogen-bond acceptors (Lipinski definition) is 8. The third-order valence-corrected chi connectivity index (χ3v) is 5.50. The van der Waals surface area contributed by atoms with Crippen molar-refractivity contribution in [2.75, 3.05) is 0 Å². The predicted octanol–water partition coefficient (Wildman–Crippen LogP) is 1.91. The Bertz CT molecular complexity index is 1310. The van der Waals surface area contributed by atoms with Gasteiger partial charge in [0.15, 0.2) is 0 Å². The van der Waals surface area contributed by atoms with Crippen molar-refractivity contribution >= 4 is 11.8 Å². The largest absolute Gasteiger partial charge is 0.469 e. The second-order valence-corrected chi connectivity index (χ2v) is 7.75. The predicted molar refractivity (Wildman–Crippen MR) is 115 cm³/mol. The minimum atomic E-state index is -0.398. The van der Waals surface area contributed by atoms with E-state index in [1.54, 1.807) is 6.26 Å². The lowest BCUT2D eigenvalue weighted by molar-refractivity contribution is 0.0931. The normalized spacial score (nSPS) is 14.6. The highest BCUT2D eigenvalue weighted by Crippen LogP contribution is 2.33. The number of carbonyl (C=O) groups is 2. The molecule has 1 aromatic carbocycles. The van der Waals surface area contributed by atoms with E-state index >= 15 is 0 Å². The molecule has 1 aliphatic rings. The average molecular weight is 444 g/mol. The molecular formula is C22H20N8O3. The number of H-pyrrole nitrogens is 1. The molecular weight excluding hydrogens is 424 g/mol. The molecule has 0 fully saturated rings. The second kappa shape index (κ2) is 8.61. The number of aromatic amines is 1. The summed E-state index contributed by atoms with van der Waals surface area (Å²) in [5.74, 6) is 0.530. The lowest BCUT2D eigenvalue weighted by Gasteiger charge is -2.14. The summed E-state index contributed by atoms with van der Waals surface area (Å²) < 4.78 is 5.23. The number of aromatic nitrogens is 6. The molecule has 166 valence electrons. The molecule has 0 bridgehead atoms. The number of rotatable bonds is 6. The molecule has 33 heavy (non-hydrogen) atoms. The average Bonchev–Trinajstić information content (AvgIpc) is 3.59. The van der Waals surface area contributed by atoms with Crippen LogP contribution in [0.3, 0.4) is 0 Å². The Morgan fingerprint density at radius 2 is 2.00 bits per heavy atom. The molecule has 2 amide bonds. The van der Waals surface area contributed by atoms with Crippen LogP contribution in [0.15, 0.2) is 47.3 Å². The van der Waals surface area contributed by atoms with Crippen LogP contribution in [0.2, 0.25) is 0 Å². The van der Waals surface area contributed by atoms with Crippen LogP contribution < -0.4 is 10.6 Å². The molecule has 3 N–H and O–H groups in total. The Kier molecular flexibility index (Phi) is 5.35. The van der Waals surface area contributed by atoms with Gasteiger partial charge in [-0.25, -0.2) is 9.97 Å². The van der Waals surface area contributed by atoms with Gasteiger partial charge in [0.2, 0.25) is 5.82 Å². The highest BCUT2D eigenvalue weighted by Gasteiger charge is 2.26. The maximum absolute atomic E-state index is 12.8. The molecule has 0 spiro atoms. The van der Waals surface area contributed by atoms with E-state index in [1.807, 2.05) is 31.2 Å². The van der Waals surface area contributed by atoms with E-state index in [4.69, 9.17) is 4.42 Å². The fraction of sp³-hybridized carbons (Fsp3) is 0.227. The third-order valence-electron chi connectivity index (χ3n) is 5.50. The van der Waals surface area contributed by atoms with Crippen molar-refractivity contribution in [3.8, 4) is 11.4 Å². The summed E-state index contributed by atoms with van der Waals surface area (Å²) in [5, 5.41) is 19.8. The molecule has 0 saturated carbocycles. The molecule has 5 rings (SSSR count). The van der Waals surface area contributed by atoms with Crippen LogP contribution in [0.5, 0.6) is 0 Å². The molecule has 3 heterocycles. The van der Waals surface area contributed by atoms with Crippen molar-refractivity contribution in [2.24, 2.45) is 0 Å². The summed E-state index contributed by atoms with van der Waals surface area (Å²) in [4.78, 5) is 33.3.